The first-order chi connectivity index (χ1) is 8.10. The Morgan fingerprint density at radius 2 is 2.24 bits per heavy atom. The van der Waals surface area contributed by atoms with Crippen LogP contribution >= 0.6 is 22.6 Å². The lowest BCUT2D eigenvalue weighted by Crippen LogP contribution is -1.99. The normalized spacial score (nSPS) is 17.0. The molecule has 17 heavy (non-hydrogen) atoms. The van der Waals surface area contributed by atoms with Crippen LogP contribution < -0.4 is 4.74 Å². The Morgan fingerprint density at radius 3 is 2.76 bits per heavy atom. The second-order valence-electron chi connectivity index (χ2n) is 3.44. The van der Waals surface area contributed by atoms with Crippen LogP contribution in [-0.2, 0) is 9.53 Å². The first kappa shape index (κ1) is 12.1. The quantitative estimate of drug-likeness (QED) is 0.471. The van der Waals surface area contributed by atoms with Crippen molar-refractivity contribution in [1.29, 1.82) is 0 Å². The van der Waals surface area contributed by atoms with E-state index >= 15 is 0 Å². The standard InChI is InChI=1S/C12H10INO3/c1-7-14-10(12(15)17-7)6-8-3-4-11(16-2)9(13)5-8/h3-6H,1-2H3. The van der Waals surface area contributed by atoms with Crippen LogP contribution in [0.5, 0.6) is 5.75 Å². The molecule has 0 atom stereocenters. The number of methoxy groups -OCH3 is 1. The molecule has 0 amide bonds. The van der Waals surface area contributed by atoms with Crippen LogP contribution in [0, 0.1) is 3.57 Å². The molecule has 0 spiro atoms. The molecule has 4 nitrogen and oxygen atoms in total. The SMILES string of the molecule is COc1ccc(C=C2N=C(C)OC2=O)cc1I. The van der Waals surface area contributed by atoms with E-state index in [9.17, 15) is 4.79 Å². The third-order valence-electron chi connectivity index (χ3n) is 2.21. The third kappa shape index (κ3) is 2.66. The zero-order valence-electron chi connectivity index (χ0n) is 9.36. The molecule has 0 radical (unpaired) electrons. The van der Waals surface area contributed by atoms with Gasteiger partial charge in [-0.1, -0.05) is 6.07 Å². The fraction of sp³-hybridized carbons (Fsp3) is 0.167. The van der Waals surface area contributed by atoms with Gasteiger partial charge in [-0.2, -0.15) is 0 Å². The summed E-state index contributed by atoms with van der Waals surface area (Å²) >= 11 is 2.18. The number of ether oxygens (including phenoxy) is 2. The van der Waals surface area contributed by atoms with Crippen molar-refractivity contribution >= 4 is 40.5 Å². The molecule has 0 aromatic heterocycles. The number of esters is 1. The van der Waals surface area contributed by atoms with Crippen molar-refractivity contribution in [3.8, 4) is 5.75 Å². The van der Waals surface area contributed by atoms with E-state index in [0.29, 0.717) is 11.6 Å². The second-order valence-corrected chi connectivity index (χ2v) is 4.61. The molecule has 0 N–H and O–H groups in total. The minimum atomic E-state index is -0.409. The van der Waals surface area contributed by atoms with E-state index < -0.39 is 5.97 Å². The highest BCUT2D eigenvalue weighted by Gasteiger charge is 2.19. The van der Waals surface area contributed by atoms with Crippen LogP contribution in [0.15, 0.2) is 28.9 Å². The van der Waals surface area contributed by atoms with Crippen molar-refractivity contribution < 1.29 is 14.3 Å². The summed E-state index contributed by atoms with van der Waals surface area (Å²) in [5.41, 5.74) is 1.21. The van der Waals surface area contributed by atoms with Gasteiger partial charge in [-0.3, -0.25) is 0 Å². The van der Waals surface area contributed by atoms with Crippen LogP contribution in [0.4, 0.5) is 0 Å². The highest BCUT2D eigenvalue weighted by molar-refractivity contribution is 14.1. The molecule has 0 aliphatic carbocycles. The molecule has 1 aromatic carbocycles. The maximum atomic E-state index is 11.4. The predicted molar refractivity (Wildman–Crippen MR) is 72.9 cm³/mol. The van der Waals surface area contributed by atoms with Gasteiger partial charge in [-0.15, -0.1) is 0 Å². The minimum Gasteiger partial charge on any atom is -0.496 e. The number of cyclic esters (lactones) is 1. The number of halogens is 1. The number of hydrogen-bond acceptors (Lipinski definition) is 4. The van der Waals surface area contributed by atoms with Crippen molar-refractivity contribution in [3.05, 3.63) is 33.0 Å². The number of rotatable bonds is 2. The molecule has 0 saturated heterocycles. The van der Waals surface area contributed by atoms with Gasteiger partial charge in [-0.25, -0.2) is 9.79 Å². The average Bonchev–Trinajstić information content (AvgIpc) is 2.58. The third-order valence-corrected chi connectivity index (χ3v) is 3.05. The molecule has 0 unspecified atom stereocenters. The summed E-state index contributed by atoms with van der Waals surface area (Å²) < 4.78 is 11.0. The molecular formula is C12H10INO3. The van der Waals surface area contributed by atoms with Gasteiger partial charge in [0.05, 0.1) is 10.7 Å². The largest absolute Gasteiger partial charge is 0.496 e. The highest BCUT2D eigenvalue weighted by atomic mass is 127. The molecule has 1 heterocycles. The minimum absolute atomic E-state index is 0.323. The first-order valence-electron chi connectivity index (χ1n) is 4.93. The second kappa shape index (κ2) is 4.87. The van der Waals surface area contributed by atoms with Gasteiger partial charge in [0.2, 0.25) is 0 Å². The molecule has 1 aromatic rings. The smallest absolute Gasteiger partial charge is 0.363 e. The van der Waals surface area contributed by atoms with Crippen molar-refractivity contribution in [3.63, 3.8) is 0 Å². The van der Waals surface area contributed by atoms with Crippen LogP contribution in [0.25, 0.3) is 6.08 Å². The summed E-state index contributed by atoms with van der Waals surface area (Å²) in [7, 11) is 1.62. The maximum absolute atomic E-state index is 11.4. The Kier molecular flexibility index (Phi) is 3.46. The molecule has 0 bridgehead atoms. The van der Waals surface area contributed by atoms with Crippen LogP contribution in [-0.4, -0.2) is 19.0 Å². The zero-order chi connectivity index (χ0) is 12.4. The number of carbonyl (C=O) groups is 1. The van der Waals surface area contributed by atoms with E-state index in [2.05, 4.69) is 27.6 Å². The summed E-state index contributed by atoms with van der Waals surface area (Å²) in [5, 5.41) is 0. The van der Waals surface area contributed by atoms with Crippen LogP contribution in [0.1, 0.15) is 12.5 Å². The highest BCUT2D eigenvalue weighted by Crippen LogP contribution is 2.23. The Labute approximate surface area is 112 Å². The summed E-state index contributed by atoms with van der Waals surface area (Å²) in [6, 6.07) is 5.64. The van der Waals surface area contributed by atoms with Gasteiger partial charge < -0.3 is 9.47 Å². The zero-order valence-corrected chi connectivity index (χ0v) is 11.5. The van der Waals surface area contributed by atoms with Crippen molar-refractivity contribution in [1.82, 2.24) is 0 Å². The molecular weight excluding hydrogens is 333 g/mol. The molecule has 0 saturated carbocycles. The lowest BCUT2D eigenvalue weighted by molar-refractivity contribution is -0.130. The lowest BCUT2D eigenvalue weighted by Gasteiger charge is -2.03. The van der Waals surface area contributed by atoms with Crippen molar-refractivity contribution in [2.45, 2.75) is 6.92 Å². The molecule has 0 fully saturated rings. The number of carbonyl (C=O) groups excluding carboxylic acids is 1. The van der Waals surface area contributed by atoms with Gasteiger partial charge >= 0.3 is 5.97 Å². The maximum Gasteiger partial charge on any atom is 0.363 e. The summed E-state index contributed by atoms with van der Waals surface area (Å²) in [4.78, 5) is 15.4. The van der Waals surface area contributed by atoms with Crippen molar-refractivity contribution in [2.75, 3.05) is 7.11 Å². The lowest BCUT2D eigenvalue weighted by atomic mass is 10.2. The summed E-state index contributed by atoms with van der Waals surface area (Å²) in [6.45, 7) is 1.65. The topological polar surface area (TPSA) is 47.9 Å². The Bertz CT molecular complexity index is 535. The molecule has 5 heteroatoms. The number of aliphatic imine (C=N–C) groups is 1. The first-order valence-corrected chi connectivity index (χ1v) is 6.01. The van der Waals surface area contributed by atoms with Gasteiger partial charge in [0.15, 0.2) is 11.6 Å². The monoisotopic (exact) mass is 343 g/mol. The van der Waals surface area contributed by atoms with Crippen LogP contribution in [0.3, 0.4) is 0 Å². The van der Waals surface area contributed by atoms with E-state index in [0.717, 1.165) is 14.9 Å². The van der Waals surface area contributed by atoms with Crippen LogP contribution in [0.2, 0.25) is 0 Å². The fourth-order valence-electron chi connectivity index (χ4n) is 1.45. The number of hydrogen-bond donors (Lipinski definition) is 0. The fourth-order valence-corrected chi connectivity index (χ4v) is 2.21. The average molecular weight is 343 g/mol. The van der Waals surface area contributed by atoms with E-state index in [1.807, 2.05) is 18.2 Å². The van der Waals surface area contributed by atoms with E-state index in [-0.39, 0.29) is 0 Å². The van der Waals surface area contributed by atoms with Gasteiger partial charge in [0.25, 0.3) is 0 Å². The summed E-state index contributed by atoms with van der Waals surface area (Å²) in [5.74, 6) is 0.777. The number of benzene rings is 1. The molecule has 2 rings (SSSR count). The van der Waals surface area contributed by atoms with Gasteiger partial charge in [0, 0.05) is 6.92 Å². The van der Waals surface area contributed by atoms with E-state index in [4.69, 9.17) is 9.47 Å². The molecule has 88 valence electrons. The van der Waals surface area contributed by atoms with Gasteiger partial charge in [0.1, 0.15) is 5.75 Å². The summed E-state index contributed by atoms with van der Waals surface area (Å²) in [6.07, 6.45) is 1.69. The molecule has 1 aliphatic heterocycles. The Hall–Kier alpha value is -1.37. The predicted octanol–water partition coefficient (Wildman–Crippen LogP) is 2.62. The van der Waals surface area contributed by atoms with Gasteiger partial charge in [-0.05, 0) is 46.4 Å². The molecule has 1 aliphatic rings. The van der Waals surface area contributed by atoms with Crippen molar-refractivity contribution in [2.24, 2.45) is 4.99 Å². The number of nitrogens with zero attached hydrogens (tertiary/aromatic N) is 1. The Morgan fingerprint density at radius 1 is 1.47 bits per heavy atom. The van der Waals surface area contributed by atoms with E-state index in [1.54, 1.807) is 20.1 Å². The van der Waals surface area contributed by atoms with E-state index in [1.165, 1.54) is 0 Å². The Balaban J connectivity index is 2.33.